The molecule has 3 heterocycles. The third kappa shape index (κ3) is 3.50. The molecule has 2 aliphatic heterocycles. The molecule has 8 heteroatoms. The van der Waals surface area contributed by atoms with Gasteiger partial charge >= 0.3 is 0 Å². The van der Waals surface area contributed by atoms with Crippen molar-refractivity contribution in [3.63, 3.8) is 0 Å². The number of aromatic nitrogens is 2. The lowest BCUT2D eigenvalue weighted by atomic mass is 9.74. The summed E-state index contributed by atoms with van der Waals surface area (Å²) in [7, 11) is 0. The number of aromatic hydroxyl groups is 1. The predicted octanol–water partition coefficient (Wildman–Crippen LogP) is 4.19. The van der Waals surface area contributed by atoms with E-state index < -0.39 is 6.04 Å². The number of carbonyl (C=O) groups excluding carboxylic acids is 2. The highest BCUT2D eigenvalue weighted by atomic mass is 32.1. The first-order valence-electron chi connectivity index (χ1n) is 11.2. The van der Waals surface area contributed by atoms with Crippen LogP contribution < -0.4 is 4.90 Å². The maximum Gasteiger partial charge on any atom is 0.296 e. The molecule has 1 amide bonds. The lowest BCUT2D eigenvalue weighted by molar-refractivity contribution is -0.132. The number of anilines is 1. The van der Waals surface area contributed by atoms with Crippen molar-refractivity contribution in [2.24, 2.45) is 17.8 Å². The second-order valence-electron chi connectivity index (χ2n) is 9.54. The van der Waals surface area contributed by atoms with Gasteiger partial charge in [0.1, 0.15) is 16.9 Å². The monoisotopic (exact) mass is 453 g/mol. The summed E-state index contributed by atoms with van der Waals surface area (Å²) in [6.45, 7) is 6.37. The maximum absolute atomic E-state index is 13.7. The number of nitrogens with zero attached hydrogens (tertiary/aromatic N) is 3. The number of Topliss-reactive ketones (excluding diaryl/α,β-unsaturated/α-hetero) is 1. The molecule has 3 aliphatic rings. The standard InChI is InChI=1S/C24H27N3O4S/c1-12(2)9-18-25-26-24(32-18)27-20(14-5-4-6-15(28)11-14)19-21(29)16-10-13(3)7-8-17(16)31-22(19)23(27)30/h4-6,11-13,16-17,20,28H,7-10H2,1-3H3. The number of ketones is 1. The Morgan fingerprint density at radius 3 is 2.81 bits per heavy atom. The summed E-state index contributed by atoms with van der Waals surface area (Å²) in [6, 6.07) is 6.02. The molecule has 1 fully saturated rings. The van der Waals surface area contributed by atoms with E-state index in [1.807, 2.05) is 6.07 Å². The van der Waals surface area contributed by atoms with Crippen molar-refractivity contribution in [1.82, 2.24) is 10.2 Å². The van der Waals surface area contributed by atoms with Gasteiger partial charge in [-0.15, -0.1) is 10.2 Å². The number of hydrogen-bond donors (Lipinski definition) is 1. The number of ether oxygens (including phenoxy) is 1. The first-order chi connectivity index (χ1) is 15.3. The van der Waals surface area contributed by atoms with Crippen molar-refractivity contribution in [1.29, 1.82) is 0 Å². The van der Waals surface area contributed by atoms with Crippen LogP contribution in [-0.4, -0.2) is 33.1 Å². The quantitative estimate of drug-likeness (QED) is 0.746. The van der Waals surface area contributed by atoms with Crippen LogP contribution in [-0.2, 0) is 20.7 Å². The second-order valence-corrected chi connectivity index (χ2v) is 10.6. The number of benzene rings is 1. The average molecular weight is 454 g/mol. The summed E-state index contributed by atoms with van der Waals surface area (Å²) in [6.07, 6.45) is 3.03. The van der Waals surface area contributed by atoms with E-state index in [0.29, 0.717) is 28.1 Å². The molecule has 0 radical (unpaired) electrons. The van der Waals surface area contributed by atoms with Gasteiger partial charge in [0, 0.05) is 6.42 Å². The summed E-state index contributed by atoms with van der Waals surface area (Å²) in [5.74, 6) is 0.462. The van der Waals surface area contributed by atoms with Crippen LogP contribution in [0.15, 0.2) is 35.6 Å². The van der Waals surface area contributed by atoms with E-state index in [1.54, 1.807) is 18.2 Å². The Morgan fingerprint density at radius 2 is 2.06 bits per heavy atom. The molecular formula is C24H27N3O4S. The van der Waals surface area contributed by atoms with E-state index in [4.69, 9.17) is 4.74 Å². The summed E-state index contributed by atoms with van der Waals surface area (Å²) in [4.78, 5) is 28.8. The minimum Gasteiger partial charge on any atom is -0.508 e. The first kappa shape index (κ1) is 21.1. The molecule has 7 nitrogen and oxygen atoms in total. The van der Waals surface area contributed by atoms with Gasteiger partial charge in [0.05, 0.1) is 17.5 Å². The molecule has 32 heavy (non-hydrogen) atoms. The number of rotatable bonds is 4. The summed E-state index contributed by atoms with van der Waals surface area (Å²) >= 11 is 1.36. The molecule has 0 saturated heterocycles. The van der Waals surface area contributed by atoms with Crippen LogP contribution >= 0.6 is 11.3 Å². The van der Waals surface area contributed by atoms with Gasteiger partial charge in [0.15, 0.2) is 11.5 Å². The van der Waals surface area contributed by atoms with E-state index in [9.17, 15) is 14.7 Å². The maximum atomic E-state index is 13.7. The van der Waals surface area contributed by atoms with Crippen molar-refractivity contribution in [3.05, 3.63) is 46.2 Å². The summed E-state index contributed by atoms with van der Waals surface area (Å²) in [5.41, 5.74) is 1.04. The van der Waals surface area contributed by atoms with Crippen LogP contribution in [0.5, 0.6) is 5.75 Å². The van der Waals surface area contributed by atoms with Crippen LogP contribution in [0.2, 0.25) is 0 Å². The molecule has 2 aromatic rings. The number of phenols is 1. The Bertz CT molecular complexity index is 1110. The summed E-state index contributed by atoms with van der Waals surface area (Å²) < 4.78 is 6.21. The third-order valence-electron chi connectivity index (χ3n) is 6.54. The Kier molecular flexibility index (Phi) is 5.28. The van der Waals surface area contributed by atoms with Gasteiger partial charge < -0.3 is 9.84 Å². The van der Waals surface area contributed by atoms with Gasteiger partial charge in [0.2, 0.25) is 5.13 Å². The van der Waals surface area contributed by atoms with E-state index in [-0.39, 0.29) is 35.2 Å². The molecule has 0 spiro atoms. The molecule has 0 bridgehead atoms. The topological polar surface area (TPSA) is 92.6 Å². The van der Waals surface area contributed by atoms with Gasteiger partial charge in [-0.05, 0) is 48.8 Å². The lowest BCUT2D eigenvalue weighted by Gasteiger charge is -2.37. The van der Waals surface area contributed by atoms with Gasteiger partial charge in [-0.2, -0.15) is 0 Å². The Morgan fingerprint density at radius 1 is 1.25 bits per heavy atom. The Labute approximate surface area is 191 Å². The molecule has 1 aliphatic carbocycles. The van der Waals surface area contributed by atoms with Crippen molar-refractivity contribution in [3.8, 4) is 5.75 Å². The smallest absolute Gasteiger partial charge is 0.296 e. The van der Waals surface area contributed by atoms with Crippen LogP contribution in [0, 0.1) is 17.8 Å². The average Bonchev–Trinajstić information content (AvgIpc) is 3.30. The van der Waals surface area contributed by atoms with E-state index in [1.165, 1.54) is 16.2 Å². The van der Waals surface area contributed by atoms with Crippen molar-refractivity contribution < 1.29 is 19.4 Å². The van der Waals surface area contributed by atoms with E-state index >= 15 is 0 Å². The minimum absolute atomic E-state index is 0.0149. The largest absolute Gasteiger partial charge is 0.508 e. The highest BCUT2D eigenvalue weighted by Gasteiger charge is 2.53. The Hall–Kier alpha value is -2.74. The molecule has 1 aromatic carbocycles. The number of amides is 1. The zero-order valence-corrected chi connectivity index (χ0v) is 19.3. The third-order valence-corrected chi connectivity index (χ3v) is 7.49. The number of hydrogen-bond acceptors (Lipinski definition) is 7. The first-order valence-corrected chi connectivity index (χ1v) is 12.0. The second kappa shape index (κ2) is 7.99. The number of carbonyl (C=O) groups is 2. The lowest BCUT2D eigenvalue weighted by Crippen LogP contribution is -2.41. The van der Waals surface area contributed by atoms with Crippen LogP contribution in [0.1, 0.15) is 56.6 Å². The van der Waals surface area contributed by atoms with Crippen molar-refractivity contribution >= 4 is 28.2 Å². The fourth-order valence-corrected chi connectivity index (χ4v) is 6.14. The number of phenolic OH excluding ortho intramolecular Hbond substituents is 1. The summed E-state index contributed by atoms with van der Waals surface area (Å²) in [5, 5.41) is 20.0. The molecule has 5 rings (SSSR count). The van der Waals surface area contributed by atoms with Crippen LogP contribution in [0.4, 0.5) is 5.13 Å². The zero-order chi connectivity index (χ0) is 22.6. The van der Waals surface area contributed by atoms with E-state index in [2.05, 4.69) is 31.0 Å². The molecule has 168 valence electrons. The molecule has 1 N–H and O–H groups in total. The minimum atomic E-state index is -0.685. The SMILES string of the molecule is CC(C)Cc1nnc(N2C(=O)C3=C(C(=O)C4CC(C)CCC4O3)C2c2cccc(O)c2)s1. The predicted molar refractivity (Wildman–Crippen MR) is 120 cm³/mol. The zero-order valence-electron chi connectivity index (χ0n) is 18.4. The van der Waals surface area contributed by atoms with Gasteiger partial charge in [0.25, 0.3) is 5.91 Å². The molecule has 1 saturated carbocycles. The molecule has 4 unspecified atom stereocenters. The van der Waals surface area contributed by atoms with E-state index in [0.717, 1.165) is 30.7 Å². The van der Waals surface area contributed by atoms with Crippen LogP contribution in [0.25, 0.3) is 0 Å². The molecule has 4 atom stereocenters. The fraction of sp³-hybridized carbons (Fsp3) is 0.500. The van der Waals surface area contributed by atoms with Gasteiger partial charge in [-0.3, -0.25) is 14.5 Å². The highest BCUT2D eigenvalue weighted by molar-refractivity contribution is 7.15. The van der Waals surface area contributed by atoms with Crippen molar-refractivity contribution in [2.75, 3.05) is 4.90 Å². The molecule has 1 aromatic heterocycles. The fourth-order valence-electron chi connectivity index (χ4n) is 5.06. The van der Waals surface area contributed by atoms with Crippen molar-refractivity contribution in [2.45, 2.75) is 58.6 Å². The van der Waals surface area contributed by atoms with Crippen LogP contribution in [0.3, 0.4) is 0 Å². The number of fused-ring (bicyclic) bond motifs is 1. The Balaban J connectivity index is 1.60. The van der Waals surface area contributed by atoms with Gasteiger partial charge in [-0.25, -0.2) is 0 Å². The normalized spacial score (nSPS) is 27.6. The molecular weight excluding hydrogens is 426 g/mol. The van der Waals surface area contributed by atoms with Gasteiger partial charge in [-0.1, -0.05) is 44.2 Å². The highest BCUT2D eigenvalue weighted by Crippen LogP contribution is 2.49.